The standard InChI is InChI=1S/C23H26BrN3O3S.ClH/c1-17-4-2-5-19(14-17)30-16-22(28)27(9-3-8-26-10-12-29-13-11-26)23-25-20-7-6-18(24)15-21(20)31-23;/h2,4-7,14-15H,3,8-13,16H2,1H3;1H. The van der Waals surface area contributed by atoms with Gasteiger partial charge < -0.3 is 9.47 Å². The molecule has 3 aromatic rings. The molecule has 0 saturated carbocycles. The number of aryl methyl sites for hydroxylation is 1. The van der Waals surface area contributed by atoms with E-state index in [-0.39, 0.29) is 24.9 Å². The first kappa shape index (κ1) is 24.9. The zero-order valence-corrected chi connectivity index (χ0v) is 21.2. The molecule has 0 unspecified atom stereocenters. The largest absolute Gasteiger partial charge is 0.484 e. The van der Waals surface area contributed by atoms with Crippen LogP contribution >= 0.6 is 39.7 Å². The van der Waals surface area contributed by atoms with Crippen LogP contribution in [0.5, 0.6) is 5.75 Å². The Morgan fingerprint density at radius 1 is 1.25 bits per heavy atom. The number of amides is 1. The second kappa shape index (κ2) is 12.0. The van der Waals surface area contributed by atoms with E-state index in [2.05, 4.69) is 20.8 Å². The summed E-state index contributed by atoms with van der Waals surface area (Å²) in [5.41, 5.74) is 2.00. The fourth-order valence-electron chi connectivity index (χ4n) is 3.53. The molecular weight excluding hydrogens is 514 g/mol. The number of benzene rings is 2. The first-order valence-electron chi connectivity index (χ1n) is 10.4. The number of carbonyl (C=O) groups is 1. The van der Waals surface area contributed by atoms with E-state index in [4.69, 9.17) is 14.5 Å². The quantitative estimate of drug-likeness (QED) is 0.406. The summed E-state index contributed by atoms with van der Waals surface area (Å²) in [4.78, 5) is 22.0. The minimum Gasteiger partial charge on any atom is -0.484 e. The second-order valence-electron chi connectivity index (χ2n) is 7.57. The minimum atomic E-state index is -0.0818. The molecule has 0 radical (unpaired) electrons. The van der Waals surface area contributed by atoms with Gasteiger partial charge in [-0.3, -0.25) is 14.6 Å². The van der Waals surface area contributed by atoms with Crippen LogP contribution in [0.1, 0.15) is 12.0 Å². The number of rotatable bonds is 8. The highest BCUT2D eigenvalue weighted by Crippen LogP contribution is 2.31. The van der Waals surface area contributed by atoms with E-state index in [1.54, 1.807) is 4.90 Å². The molecule has 0 atom stereocenters. The molecule has 2 aromatic carbocycles. The molecule has 1 aliphatic rings. The molecule has 0 N–H and O–H groups in total. The molecule has 0 aliphatic carbocycles. The molecule has 1 saturated heterocycles. The summed E-state index contributed by atoms with van der Waals surface area (Å²) < 4.78 is 13.3. The van der Waals surface area contributed by atoms with Gasteiger partial charge in [0.2, 0.25) is 0 Å². The minimum absolute atomic E-state index is 0. The van der Waals surface area contributed by atoms with Gasteiger partial charge in [0, 0.05) is 30.7 Å². The third kappa shape index (κ3) is 6.65. The maximum Gasteiger partial charge on any atom is 0.266 e. The summed E-state index contributed by atoms with van der Waals surface area (Å²) in [6.07, 6.45) is 0.871. The van der Waals surface area contributed by atoms with Crippen molar-refractivity contribution in [2.24, 2.45) is 0 Å². The Kier molecular flexibility index (Phi) is 9.31. The molecule has 1 amide bonds. The van der Waals surface area contributed by atoms with Crippen molar-refractivity contribution in [2.75, 3.05) is 50.9 Å². The van der Waals surface area contributed by atoms with Gasteiger partial charge in [-0.1, -0.05) is 39.4 Å². The van der Waals surface area contributed by atoms with Gasteiger partial charge in [-0.15, -0.1) is 12.4 Å². The lowest BCUT2D eigenvalue weighted by Crippen LogP contribution is -2.40. The van der Waals surface area contributed by atoms with Crippen LogP contribution in [0.15, 0.2) is 46.9 Å². The predicted octanol–water partition coefficient (Wildman–Crippen LogP) is 4.92. The molecule has 9 heteroatoms. The number of aromatic nitrogens is 1. The molecule has 2 heterocycles. The Bertz CT molecular complexity index is 1040. The number of nitrogens with zero attached hydrogens (tertiary/aromatic N) is 3. The Morgan fingerprint density at radius 3 is 2.84 bits per heavy atom. The lowest BCUT2D eigenvalue weighted by molar-refractivity contribution is -0.120. The smallest absolute Gasteiger partial charge is 0.266 e. The van der Waals surface area contributed by atoms with E-state index >= 15 is 0 Å². The first-order valence-corrected chi connectivity index (χ1v) is 12.1. The van der Waals surface area contributed by atoms with Crippen LogP contribution in [0.3, 0.4) is 0 Å². The fraction of sp³-hybridized carbons (Fsp3) is 0.391. The maximum absolute atomic E-state index is 13.2. The number of carbonyl (C=O) groups excluding carboxylic acids is 1. The summed E-state index contributed by atoms with van der Waals surface area (Å²) >= 11 is 5.05. The summed E-state index contributed by atoms with van der Waals surface area (Å²) in [7, 11) is 0. The van der Waals surface area contributed by atoms with E-state index in [0.29, 0.717) is 17.4 Å². The fourth-order valence-corrected chi connectivity index (χ4v) is 5.09. The van der Waals surface area contributed by atoms with Crippen molar-refractivity contribution < 1.29 is 14.3 Å². The molecule has 4 rings (SSSR count). The number of ether oxygens (including phenoxy) is 2. The van der Waals surface area contributed by atoms with Crippen LogP contribution in [0.4, 0.5) is 5.13 Å². The molecule has 172 valence electrons. The van der Waals surface area contributed by atoms with Gasteiger partial charge in [0.1, 0.15) is 5.75 Å². The van der Waals surface area contributed by atoms with E-state index in [1.807, 2.05) is 49.4 Å². The summed E-state index contributed by atoms with van der Waals surface area (Å²) in [6.45, 7) is 6.97. The number of thiazole rings is 1. The second-order valence-corrected chi connectivity index (χ2v) is 9.49. The van der Waals surface area contributed by atoms with E-state index in [0.717, 1.165) is 59.5 Å². The van der Waals surface area contributed by atoms with Gasteiger partial charge in [-0.05, 0) is 49.2 Å². The van der Waals surface area contributed by atoms with Gasteiger partial charge in [0.25, 0.3) is 5.91 Å². The van der Waals surface area contributed by atoms with E-state index in [9.17, 15) is 4.79 Å². The van der Waals surface area contributed by atoms with Crippen molar-refractivity contribution in [3.8, 4) is 5.75 Å². The zero-order chi connectivity index (χ0) is 21.6. The SMILES string of the molecule is Cc1cccc(OCC(=O)N(CCCN2CCOCC2)c2nc3ccc(Br)cc3s2)c1.Cl. The normalized spacial score (nSPS) is 14.2. The average Bonchev–Trinajstić information content (AvgIpc) is 3.18. The molecule has 1 aliphatic heterocycles. The maximum atomic E-state index is 13.2. The molecule has 0 spiro atoms. The number of hydrogen-bond donors (Lipinski definition) is 0. The summed E-state index contributed by atoms with van der Waals surface area (Å²) in [6, 6.07) is 13.7. The Morgan fingerprint density at radius 2 is 2.06 bits per heavy atom. The van der Waals surface area contributed by atoms with Crippen molar-refractivity contribution in [3.63, 3.8) is 0 Å². The highest BCUT2D eigenvalue weighted by molar-refractivity contribution is 9.10. The Hall–Kier alpha value is -1.71. The summed E-state index contributed by atoms with van der Waals surface area (Å²) in [5, 5.41) is 0.716. The topological polar surface area (TPSA) is 54.9 Å². The highest BCUT2D eigenvalue weighted by Gasteiger charge is 2.21. The van der Waals surface area contributed by atoms with Crippen LogP contribution in [0, 0.1) is 6.92 Å². The third-order valence-corrected chi connectivity index (χ3v) is 6.72. The van der Waals surface area contributed by atoms with E-state index < -0.39 is 0 Å². The van der Waals surface area contributed by atoms with Gasteiger partial charge in [0.05, 0.1) is 23.4 Å². The van der Waals surface area contributed by atoms with Crippen molar-refractivity contribution in [1.82, 2.24) is 9.88 Å². The Balaban J connectivity index is 0.00000289. The van der Waals surface area contributed by atoms with Crippen LogP contribution < -0.4 is 9.64 Å². The molecule has 6 nitrogen and oxygen atoms in total. The van der Waals surface area contributed by atoms with Gasteiger partial charge >= 0.3 is 0 Å². The number of hydrogen-bond acceptors (Lipinski definition) is 6. The number of anilines is 1. The molecular formula is C23H27BrClN3O3S. The van der Waals surface area contributed by atoms with Crippen molar-refractivity contribution >= 4 is 60.9 Å². The number of fused-ring (bicyclic) bond motifs is 1. The van der Waals surface area contributed by atoms with Crippen molar-refractivity contribution in [3.05, 3.63) is 52.5 Å². The van der Waals surface area contributed by atoms with Crippen LogP contribution in [0.25, 0.3) is 10.2 Å². The lowest BCUT2D eigenvalue weighted by atomic mass is 10.2. The van der Waals surface area contributed by atoms with Gasteiger partial charge in [-0.25, -0.2) is 4.98 Å². The van der Waals surface area contributed by atoms with Crippen molar-refractivity contribution in [1.29, 1.82) is 0 Å². The molecule has 1 fully saturated rings. The first-order chi connectivity index (χ1) is 15.1. The zero-order valence-electron chi connectivity index (χ0n) is 18.0. The number of morpholine rings is 1. The van der Waals surface area contributed by atoms with Gasteiger partial charge in [-0.2, -0.15) is 0 Å². The third-order valence-electron chi connectivity index (χ3n) is 5.18. The predicted molar refractivity (Wildman–Crippen MR) is 135 cm³/mol. The van der Waals surface area contributed by atoms with E-state index in [1.165, 1.54) is 11.3 Å². The van der Waals surface area contributed by atoms with Crippen LogP contribution in [-0.4, -0.2) is 61.8 Å². The highest BCUT2D eigenvalue weighted by atomic mass is 79.9. The van der Waals surface area contributed by atoms with Crippen molar-refractivity contribution in [2.45, 2.75) is 13.3 Å². The molecule has 1 aromatic heterocycles. The molecule has 32 heavy (non-hydrogen) atoms. The monoisotopic (exact) mass is 539 g/mol. The molecule has 0 bridgehead atoms. The van der Waals surface area contributed by atoms with Crippen LogP contribution in [0.2, 0.25) is 0 Å². The summed E-state index contributed by atoms with van der Waals surface area (Å²) in [5.74, 6) is 0.622. The average molecular weight is 541 g/mol. The Labute approximate surface area is 207 Å². The van der Waals surface area contributed by atoms with Crippen LogP contribution in [-0.2, 0) is 9.53 Å². The van der Waals surface area contributed by atoms with Gasteiger partial charge in [0.15, 0.2) is 11.7 Å². The lowest BCUT2D eigenvalue weighted by Gasteiger charge is -2.27. The number of halogens is 2.